The van der Waals surface area contributed by atoms with Crippen LogP contribution in [0.2, 0.25) is 0 Å². The molecule has 1 rings (SSSR count). The van der Waals surface area contributed by atoms with Gasteiger partial charge in [-0.2, -0.15) is 0 Å². The zero-order valence-corrected chi connectivity index (χ0v) is 10.6. The minimum Gasteiger partial charge on any atom is -0.453 e. The second-order valence-corrected chi connectivity index (χ2v) is 4.50. The van der Waals surface area contributed by atoms with Crippen LogP contribution >= 0.6 is 0 Å². The molecule has 0 spiro atoms. The van der Waals surface area contributed by atoms with Crippen molar-refractivity contribution < 1.29 is 14.3 Å². The molecular weight excluding hydrogens is 220 g/mol. The molecule has 1 aliphatic carbocycles. The molecule has 0 aliphatic heterocycles. The third kappa shape index (κ3) is 5.06. The highest BCUT2D eigenvalue weighted by Gasteiger charge is 2.23. The first kappa shape index (κ1) is 13.8. The summed E-state index contributed by atoms with van der Waals surface area (Å²) in [4.78, 5) is 22.4. The number of alkyl carbamates (subject to hydrolysis) is 1. The topological polar surface area (TPSA) is 67.4 Å². The molecule has 98 valence electrons. The van der Waals surface area contributed by atoms with Gasteiger partial charge in [0.2, 0.25) is 5.91 Å². The number of carbonyl (C=O) groups excluding carboxylic acids is 2. The SMILES string of the molecule is CCCC(=O)NC1CCC(NC(=O)OC)CC1. The summed E-state index contributed by atoms with van der Waals surface area (Å²) in [7, 11) is 1.37. The summed E-state index contributed by atoms with van der Waals surface area (Å²) in [6.07, 6.45) is 4.74. The third-order valence-corrected chi connectivity index (χ3v) is 3.08. The minimum absolute atomic E-state index is 0.136. The molecule has 1 saturated carbocycles. The maximum absolute atomic E-state index is 11.4. The van der Waals surface area contributed by atoms with Crippen molar-refractivity contribution in [2.45, 2.75) is 57.5 Å². The van der Waals surface area contributed by atoms with Crippen LogP contribution < -0.4 is 10.6 Å². The molecule has 1 fully saturated rings. The van der Waals surface area contributed by atoms with Gasteiger partial charge in [0, 0.05) is 18.5 Å². The first-order chi connectivity index (χ1) is 8.15. The fourth-order valence-electron chi connectivity index (χ4n) is 2.13. The summed E-state index contributed by atoms with van der Waals surface area (Å²) in [6, 6.07) is 0.450. The average Bonchev–Trinajstić information content (AvgIpc) is 2.32. The van der Waals surface area contributed by atoms with Crippen molar-refractivity contribution in [3.05, 3.63) is 0 Å². The highest BCUT2D eigenvalue weighted by molar-refractivity contribution is 5.76. The molecule has 0 heterocycles. The summed E-state index contributed by atoms with van der Waals surface area (Å²) < 4.78 is 4.56. The van der Waals surface area contributed by atoms with Crippen LogP contribution in [0.5, 0.6) is 0 Å². The van der Waals surface area contributed by atoms with Crippen LogP contribution in [0.25, 0.3) is 0 Å². The molecule has 5 nitrogen and oxygen atoms in total. The summed E-state index contributed by atoms with van der Waals surface area (Å²) >= 11 is 0. The fourth-order valence-corrected chi connectivity index (χ4v) is 2.13. The number of ether oxygens (including phenoxy) is 1. The van der Waals surface area contributed by atoms with Crippen LogP contribution in [0.3, 0.4) is 0 Å². The predicted octanol–water partition coefficient (Wildman–Crippen LogP) is 1.57. The van der Waals surface area contributed by atoms with Gasteiger partial charge in [-0.15, -0.1) is 0 Å². The van der Waals surface area contributed by atoms with Crippen molar-refractivity contribution in [3.63, 3.8) is 0 Å². The molecule has 0 radical (unpaired) electrons. The number of nitrogens with one attached hydrogen (secondary N) is 2. The predicted molar refractivity (Wildman–Crippen MR) is 64.6 cm³/mol. The molecule has 17 heavy (non-hydrogen) atoms. The van der Waals surface area contributed by atoms with Crippen molar-refractivity contribution in [3.8, 4) is 0 Å². The summed E-state index contributed by atoms with van der Waals surface area (Å²) in [5, 5.41) is 5.82. The van der Waals surface area contributed by atoms with Crippen molar-refractivity contribution in [2.24, 2.45) is 0 Å². The maximum atomic E-state index is 11.4. The zero-order valence-electron chi connectivity index (χ0n) is 10.6. The van der Waals surface area contributed by atoms with Crippen LogP contribution in [0.4, 0.5) is 4.79 Å². The quantitative estimate of drug-likeness (QED) is 0.786. The molecule has 0 aromatic carbocycles. The molecule has 2 amide bonds. The summed E-state index contributed by atoms with van der Waals surface area (Å²) in [5.41, 5.74) is 0. The Morgan fingerprint density at radius 3 is 2.12 bits per heavy atom. The van der Waals surface area contributed by atoms with Gasteiger partial charge >= 0.3 is 6.09 Å². The van der Waals surface area contributed by atoms with E-state index in [0.29, 0.717) is 6.42 Å². The standard InChI is InChI=1S/C12H22N2O3/c1-3-4-11(15)13-9-5-7-10(8-6-9)14-12(16)17-2/h9-10H,3-8H2,1-2H3,(H,13,15)(H,14,16). The van der Waals surface area contributed by atoms with E-state index in [2.05, 4.69) is 15.4 Å². The second-order valence-electron chi connectivity index (χ2n) is 4.50. The van der Waals surface area contributed by atoms with Crippen molar-refractivity contribution in [1.29, 1.82) is 0 Å². The molecule has 0 atom stereocenters. The minimum atomic E-state index is -0.372. The monoisotopic (exact) mass is 242 g/mol. The Balaban J connectivity index is 2.21. The Kier molecular flexibility index (Phi) is 5.80. The molecule has 2 N–H and O–H groups in total. The molecule has 0 aromatic rings. The first-order valence-electron chi connectivity index (χ1n) is 6.29. The van der Waals surface area contributed by atoms with Gasteiger partial charge in [-0.1, -0.05) is 6.92 Å². The lowest BCUT2D eigenvalue weighted by atomic mass is 9.91. The zero-order chi connectivity index (χ0) is 12.7. The van der Waals surface area contributed by atoms with E-state index in [0.717, 1.165) is 32.1 Å². The van der Waals surface area contributed by atoms with Gasteiger partial charge in [0.15, 0.2) is 0 Å². The van der Waals surface area contributed by atoms with Crippen molar-refractivity contribution >= 4 is 12.0 Å². The Labute approximate surface area is 102 Å². The number of amides is 2. The number of rotatable bonds is 4. The number of carbonyl (C=O) groups is 2. The van der Waals surface area contributed by atoms with Crippen molar-refractivity contribution in [2.75, 3.05) is 7.11 Å². The Bertz CT molecular complexity index is 260. The Hall–Kier alpha value is -1.26. The summed E-state index contributed by atoms with van der Waals surface area (Å²) in [5.74, 6) is 0.136. The van der Waals surface area contributed by atoms with Gasteiger partial charge in [-0.05, 0) is 32.1 Å². The van der Waals surface area contributed by atoms with Crippen LogP contribution in [-0.4, -0.2) is 31.2 Å². The van der Waals surface area contributed by atoms with E-state index in [9.17, 15) is 9.59 Å². The lowest BCUT2D eigenvalue weighted by Crippen LogP contribution is -2.43. The Morgan fingerprint density at radius 1 is 1.12 bits per heavy atom. The van der Waals surface area contributed by atoms with Gasteiger partial charge in [0.25, 0.3) is 0 Å². The molecule has 0 unspecified atom stereocenters. The van der Waals surface area contributed by atoms with E-state index in [1.54, 1.807) is 0 Å². The van der Waals surface area contributed by atoms with Gasteiger partial charge < -0.3 is 15.4 Å². The molecule has 0 bridgehead atoms. The molecule has 5 heteroatoms. The third-order valence-electron chi connectivity index (χ3n) is 3.08. The Morgan fingerprint density at radius 2 is 1.65 bits per heavy atom. The van der Waals surface area contributed by atoms with E-state index in [4.69, 9.17) is 0 Å². The summed E-state index contributed by atoms with van der Waals surface area (Å²) in [6.45, 7) is 2.00. The van der Waals surface area contributed by atoms with E-state index >= 15 is 0 Å². The van der Waals surface area contributed by atoms with Gasteiger partial charge in [0.1, 0.15) is 0 Å². The molecule has 1 aliphatic rings. The van der Waals surface area contributed by atoms with Crippen LogP contribution in [0, 0.1) is 0 Å². The van der Waals surface area contributed by atoms with Crippen LogP contribution in [0.1, 0.15) is 45.4 Å². The highest BCUT2D eigenvalue weighted by Crippen LogP contribution is 2.18. The van der Waals surface area contributed by atoms with Gasteiger partial charge in [0.05, 0.1) is 7.11 Å². The van der Waals surface area contributed by atoms with E-state index < -0.39 is 0 Å². The second kappa shape index (κ2) is 7.14. The first-order valence-corrected chi connectivity index (χ1v) is 6.29. The van der Waals surface area contributed by atoms with Gasteiger partial charge in [-0.25, -0.2) is 4.79 Å². The lowest BCUT2D eigenvalue weighted by molar-refractivity contribution is -0.122. The van der Waals surface area contributed by atoms with E-state index in [1.165, 1.54) is 7.11 Å². The molecule has 0 aromatic heterocycles. The van der Waals surface area contributed by atoms with E-state index in [-0.39, 0.29) is 24.1 Å². The normalized spacial score (nSPS) is 23.9. The molecular formula is C12H22N2O3. The van der Waals surface area contributed by atoms with Crippen LogP contribution in [0.15, 0.2) is 0 Å². The largest absolute Gasteiger partial charge is 0.453 e. The average molecular weight is 242 g/mol. The lowest BCUT2D eigenvalue weighted by Gasteiger charge is -2.29. The number of hydrogen-bond donors (Lipinski definition) is 2. The number of methoxy groups -OCH3 is 1. The molecule has 0 saturated heterocycles. The highest BCUT2D eigenvalue weighted by atomic mass is 16.5. The van der Waals surface area contributed by atoms with E-state index in [1.807, 2.05) is 6.92 Å². The van der Waals surface area contributed by atoms with Crippen molar-refractivity contribution in [1.82, 2.24) is 10.6 Å². The van der Waals surface area contributed by atoms with Crippen LogP contribution in [-0.2, 0) is 9.53 Å². The fraction of sp³-hybridized carbons (Fsp3) is 0.833. The maximum Gasteiger partial charge on any atom is 0.407 e. The van der Waals surface area contributed by atoms with Gasteiger partial charge in [-0.3, -0.25) is 4.79 Å². The smallest absolute Gasteiger partial charge is 0.407 e. The number of hydrogen-bond acceptors (Lipinski definition) is 3.